The number of thiazole rings is 1. The SMILES string of the molecule is Cc1nc2cc(I)c(P)c(SI)c2s1. The number of hydrogen-bond donors (Lipinski definition) is 0. The Morgan fingerprint density at radius 2 is 2.29 bits per heavy atom. The standard InChI is InChI=1S/C8H6I2NPS2/c1-3-11-5-2-4(9)6(12)8(14-10)7(5)13-3/h2H,12H2,1H3. The second-order valence-corrected chi connectivity index (χ2v) is 7.59. The molecule has 0 saturated carbocycles. The molecular formula is C8H6I2NPS2. The molecule has 0 amide bonds. The Kier molecular flexibility index (Phi) is 3.96. The number of hydrogen-bond acceptors (Lipinski definition) is 3. The third-order valence-electron chi connectivity index (χ3n) is 1.81. The van der Waals surface area contributed by atoms with Gasteiger partial charge < -0.3 is 0 Å². The molecule has 2 rings (SSSR count). The van der Waals surface area contributed by atoms with E-state index in [0.29, 0.717) is 0 Å². The minimum Gasteiger partial charge on any atom is -0.241 e. The van der Waals surface area contributed by atoms with Crippen molar-refractivity contribution in [1.82, 2.24) is 4.98 Å². The Labute approximate surface area is 119 Å². The lowest BCUT2D eigenvalue weighted by molar-refractivity contribution is 1.34. The molecule has 0 aliphatic rings. The molecule has 0 fully saturated rings. The van der Waals surface area contributed by atoms with Crippen LogP contribution in [0.5, 0.6) is 0 Å². The molecule has 14 heavy (non-hydrogen) atoms. The Hall–Kier alpha value is 1.35. The Balaban J connectivity index is 2.87. The second kappa shape index (κ2) is 4.69. The van der Waals surface area contributed by atoms with E-state index in [9.17, 15) is 0 Å². The molecule has 0 aliphatic carbocycles. The lowest BCUT2D eigenvalue weighted by Crippen LogP contribution is -1.99. The summed E-state index contributed by atoms with van der Waals surface area (Å²) in [7, 11) is 4.58. The third kappa shape index (κ3) is 2.07. The molecule has 0 radical (unpaired) electrons. The van der Waals surface area contributed by atoms with Crippen molar-refractivity contribution < 1.29 is 0 Å². The van der Waals surface area contributed by atoms with Gasteiger partial charge in [-0.1, -0.05) is 8.93 Å². The van der Waals surface area contributed by atoms with Crippen LogP contribution in [0.3, 0.4) is 0 Å². The number of aryl methyl sites for hydroxylation is 1. The van der Waals surface area contributed by atoms with Gasteiger partial charge in [-0.25, -0.2) is 4.98 Å². The number of halogens is 2. The maximum Gasteiger partial charge on any atom is 0.0908 e. The van der Waals surface area contributed by atoms with E-state index in [2.05, 4.69) is 71.0 Å². The Morgan fingerprint density at radius 1 is 1.57 bits per heavy atom. The summed E-state index contributed by atoms with van der Waals surface area (Å²) in [4.78, 5) is 5.85. The van der Waals surface area contributed by atoms with Crippen LogP contribution < -0.4 is 5.30 Å². The van der Waals surface area contributed by atoms with E-state index in [1.54, 1.807) is 20.3 Å². The average Bonchev–Trinajstić information content (AvgIpc) is 2.47. The molecule has 6 heteroatoms. The summed E-state index contributed by atoms with van der Waals surface area (Å²) in [6.07, 6.45) is 0. The minimum atomic E-state index is 1.13. The summed E-state index contributed by atoms with van der Waals surface area (Å²) in [6, 6.07) is 2.15. The predicted molar refractivity (Wildman–Crippen MR) is 86.3 cm³/mol. The lowest BCUT2D eigenvalue weighted by atomic mass is 10.3. The van der Waals surface area contributed by atoms with Crippen LogP contribution >= 0.6 is 73.3 Å². The molecule has 1 unspecified atom stereocenters. The smallest absolute Gasteiger partial charge is 0.0908 e. The van der Waals surface area contributed by atoms with Gasteiger partial charge in [0.2, 0.25) is 0 Å². The van der Waals surface area contributed by atoms with Gasteiger partial charge in [0.1, 0.15) is 0 Å². The molecule has 0 N–H and O–H groups in total. The first kappa shape index (κ1) is 11.8. The summed E-state index contributed by atoms with van der Waals surface area (Å²) >= 11 is 6.46. The molecule has 1 heterocycles. The molecule has 0 aliphatic heterocycles. The summed E-state index contributed by atoms with van der Waals surface area (Å²) in [5.74, 6) is 0. The number of benzene rings is 1. The van der Waals surface area contributed by atoms with Gasteiger partial charge >= 0.3 is 0 Å². The maximum absolute atomic E-state index is 4.51. The van der Waals surface area contributed by atoms with Gasteiger partial charge in [-0.2, -0.15) is 0 Å². The molecule has 2 aromatic rings. The van der Waals surface area contributed by atoms with Gasteiger partial charge in [-0.3, -0.25) is 0 Å². The van der Waals surface area contributed by atoms with Crippen molar-refractivity contribution >= 4 is 88.8 Å². The average molecular weight is 465 g/mol. The van der Waals surface area contributed by atoms with Crippen LogP contribution in [0.1, 0.15) is 5.01 Å². The third-order valence-corrected chi connectivity index (χ3v) is 7.13. The zero-order chi connectivity index (χ0) is 10.3. The van der Waals surface area contributed by atoms with Gasteiger partial charge in [0.05, 0.1) is 15.2 Å². The first-order chi connectivity index (χ1) is 6.63. The van der Waals surface area contributed by atoms with E-state index in [1.807, 2.05) is 0 Å². The maximum atomic E-state index is 4.51. The summed E-state index contributed by atoms with van der Waals surface area (Å²) in [5.41, 5.74) is 1.13. The van der Waals surface area contributed by atoms with Crippen LogP contribution in [0.25, 0.3) is 10.2 Å². The topological polar surface area (TPSA) is 12.9 Å². The van der Waals surface area contributed by atoms with Gasteiger partial charge in [-0.15, -0.1) is 20.6 Å². The van der Waals surface area contributed by atoms with Crippen molar-refractivity contribution in [2.24, 2.45) is 0 Å². The Morgan fingerprint density at radius 3 is 2.93 bits per heavy atom. The molecule has 1 aromatic heterocycles. The van der Waals surface area contributed by atoms with Gasteiger partial charge in [0.15, 0.2) is 0 Å². The van der Waals surface area contributed by atoms with Gasteiger partial charge in [0.25, 0.3) is 0 Å². The lowest BCUT2D eigenvalue weighted by Gasteiger charge is -2.04. The molecule has 74 valence electrons. The van der Waals surface area contributed by atoms with Crippen molar-refractivity contribution in [2.75, 3.05) is 0 Å². The fraction of sp³-hybridized carbons (Fsp3) is 0.125. The highest BCUT2D eigenvalue weighted by Crippen LogP contribution is 2.36. The van der Waals surface area contributed by atoms with Crippen LogP contribution in [-0.4, -0.2) is 4.98 Å². The monoisotopic (exact) mass is 465 g/mol. The molecule has 0 bridgehead atoms. The van der Waals surface area contributed by atoms with E-state index in [0.717, 1.165) is 10.5 Å². The van der Waals surface area contributed by atoms with Gasteiger partial charge in [0, 0.05) is 29.7 Å². The molecule has 0 spiro atoms. The van der Waals surface area contributed by atoms with Gasteiger partial charge in [-0.05, 0) is 40.9 Å². The number of rotatable bonds is 1. The van der Waals surface area contributed by atoms with Crippen molar-refractivity contribution in [2.45, 2.75) is 11.8 Å². The molecule has 1 aromatic carbocycles. The zero-order valence-electron chi connectivity index (χ0n) is 7.17. The van der Waals surface area contributed by atoms with E-state index in [4.69, 9.17) is 0 Å². The largest absolute Gasteiger partial charge is 0.241 e. The summed E-state index contributed by atoms with van der Waals surface area (Å²) in [5, 5.41) is 2.43. The predicted octanol–water partition coefficient (Wildman–Crippen LogP) is 4.15. The van der Waals surface area contributed by atoms with E-state index >= 15 is 0 Å². The molecular weight excluding hydrogens is 459 g/mol. The van der Waals surface area contributed by atoms with E-state index < -0.39 is 0 Å². The fourth-order valence-corrected chi connectivity index (χ4v) is 6.47. The quantitative estimate of drug-likeness (QED) is 0.464. The first-order valence-corrected chi connectivity index (χ1v) is 9.60. The molecule has 0 saturated heterocycles. The summed E-state index contributed by atoms with van der Waals surface area (Å²) in [6.45, 7) is 2.06. The first-order valence-electron chi connectivity index (χ1n) is 3.77. The van der Waals surface area contributed by atoms with E-state index in [1.165, 1.54) is 18.5 Å². The summed E-state index contributed by atoms with van der Waals surface area (Å²) < 4.78 is 2.58. The second-order valence-electron chi connectivity index (χ2n) is 2.76. The normalized spacial score (nSPS) is 11.1. The molecule has 1 atom stereocenters. The fourth-order valence-electron chi connectivity index (χ4n) is 1.21. The highest BCUT2D eigenvalue weighted by molar-refractivity contribution is 14.2. The zero-order valence-corrected chi connectivity index (χ0v) is 14.3. The molecule has 1 nitrogen and oxygen atoms in total. The minimum absolute atomic E-state index is 1.13. The van der Waals surface area contributed by atoms with Crippen LogP contribution in [0.15, 0.2) is 11.0 Å². The van der Waals surface area contributed by atoms with Crippen LogP contribution in [0.2, 0.25) is 0 Å². The van der Waals surface area contributed by atoms with Crippen molar-refractivity contribution in [3.8, 4) is 0 Å². The van der Waals surface area contributed by atoms with Crippen LogP contribution in [0.4, 0.5) is 0 Å². The number of fused-ring (bicyclic) bond motifs is 1. The highest BCUT2D eigenvalue weighted by Gasteiger charge is 2.11. The van der Waals surface area contributed by atoms with Crippen LogP contribution in [0, 0.1) is 10.5 Å². The van der Waals surface area contributed by atoms with Crippen molar-refractivity contribution in [3.05, 3.63) is 14.6 Å². The number of nitrogens with zero attached hydrogens (tertiary/aromatic N) is 1. The Bertz CT molecular complexity index is 498. The number of aromatic nitrogens is 1. The van der Waals surface area contributed by atoms with E-state index in [-0.39, 0.29) is 0 Å². The van der Waals surface area contributed by atoms with Crippen molar-refractivity contribution in [3.63, 3.8) is 0 Å². The highest BCUT2D eigenvalue weighted by atomic mass is 127. The van der Waals surface area contributed by atoms with Crippen LogP contribution in [-0.2, 0) is 0 Å². The van der Waals surface area contributed by atoms with Crippen molar-refractivity contribution in [1.29, 1.82) is 0 Å².